The predicted molar refractivity (Wildman–Crippen MR) is 61.9 cm³/mol. The Balaban J connectivity index is 3.90. The summed E-state index contributed by atoms with van der Waals surface area (Å²) >= 11 is 1.83. The van der Waals surface area contributed by atoms with Crippen LogP contribution in [0.15, 0.2) is 0 Å². The van der Waals surface area contributed by atoms with Gasteiger partial charge in [-0.25, -0.2) is 0 Å². The van der Waals surface area contributed by atoms with Gasteiger partial charge in [-0.05, 0) is 32.6 Å². The van der Waals surface area contributed by atoms with Crippen molar-refractivity contribution in [2.45, 2.75) is 44.4 Å². The Kier molecular flexibility index (Phi) is 6.20. The summed E-state index contributed by atoms with van der Waals surface area (Å²) in [5, 5.41) is 12.5. The van der Waals surface area contributed by atoms with Gasteiger partial charge >= 0.3 is 5.97 Å². The van der Waals surface area contributed by atoms with Gasteiger partial charge in [0.15, 0.2) is 0 Å². The minimum Gasteiger partial charge on any atom is -0.480 e. The molecule has 3 nitrogen and oxygen atoms in total. The third kappa shape index (κ3) is 4.33. The topological polar surface area (TPSA) is 49.3 Å². The monoisotopic (exact) mass is 219 g/mol. The number of likely N-dealkylation sites (N-methyl/N-ethyl adjacent to an activating group) is 1. The molecular weight excluding hydrogens is 198 g/mol. The maximum Gasteiger partial charge on any atom is 0.323 e. The Morgan fingerprint density at radius 3 is 2.57 bits per heavy atom. The zero-order valence-corrected chi connectivity index (χ0v) is 10.3. The molecule has 0 aromatic rings. The molecule has 2 atom stereocenters. The third-order valence-electron chi connectivity index (χ3n) is 2.60. The van der Waals surface area contributed by atoms with Gasteiger partial charge in [0, 0.05) is 5.25 Å². The van der Waals surface area contributed by atoms with Crippen molar-refractivity contribution in [3.63, 3.8) is 0 Å². The Morgan fingerprint density at radius 2 is 2.21 bits per heavy atom. The molecule has 0 fully saturated rings. The first-order valence-electron chi connectivity index (χ1n) is 5.00. The summed E-state index contributed by atoms with van der Waals surface area (Å²) in [6.45, 7) is 6.04. The Morgan fingerprint density at radius 1 is 1.64 bits per heavy atom. The van der Waals surface area contributed by atoms with Crippen molar-refractivity contribution in [1.29, 1.82) is 0 Å². The van der Waals surface area contributed by atoms with E-state index in [9.17, 15) is 4.79 Å². The second-order valence-corrected chi connectivity index (χ2v) is 5.27. The maximum absolute atomic E-state index is 10.9. The number of thioether (sulfide) groups is 1. The molecule has 0 radical (unpaired) electrons. The molecule has 0 aromatic heterocycles. The second kappa shape index (κ2) is 6.30. The van der Waals surface area contributed by atoms with Crippen molar-refractivity contribution >= 4 is 17.7 Å². The lowest BCUT2D eigenvalue weighted by Gasteiger charge is -2.24. The molecule has 0 bridgehead atoms. The Labute approximate surface area is 90.7 Å². The average molecular weight is 219 g/mol. The van der Waals surface area contributed by atoms with E-state index in [0.29, 0.717) is 11.7 Å². The van der Waals surface area contributed by atoms with E-state index in [1.165, 1.54) is 0 Å². The first-order chi connectivity index (χ1) is 6.46. The maximum atomic E-state index is 10.9. The molecule has 2 unspecified atom stereocenters. The van der Waals surface area contributed by atoms with Gasteiger partial charge in [0.1, 0.15) is 5.54 Å². The highest BCUT2D eigenvalue weighted by atomic mass is 32.2. The van der Waals surface area contributed by atoms with Gasteiger partial charge in [0.05, 0.1) is 0 Å². The molecule has 0 saturated heterocycles. The highest BCUT2D eigenvalue weighted by molar-refractivity contribution is 7.99. The normalized spacial score (nSPS) is 17.4. The van der Waals surface area contributed by atoms with E-state index in [0.717, 1.165) is 12.2 Å². The van der Waals surface area contributed by atoms with Crippen LogP contribution >= 0.6 is 11.8 Å². The van der Waals surface area contributed by atoms with Crippen LogP contribution < -0.4 is 5.32 Å². The third-order valence-corrected chi connectivity index (χ3v) is 3.95. The Bertz CT molecular complexity index is 187. The fourth-order valence-corrected chi connectivity index (χ4v) is 2.09. The number of carbonyl (C=O) groups is 1. The number of aliphatic carboxylic acids is 1. The lowest BCUT2D eigenvalue weighted by atomic mass is 10.00. The van der Waals surface area contributed by atoms with Crippen molar-refractivity contribution in [3.8, 4) is 0 Å². The number of rotatable bonds is 7. The smallest absolute Gasteiger partial charge is 0.323 e. The molecule has 2 N–H and O–H groups in total. The summed E-state index contributed by atoms with van der Waals surface area (Å²) in [6, 6.07) is 0. The quantitative estimate of drug-likeness (QED) is 0.687. The first kappa shape index (κ1) is 13.8. The van der Waals surface area contributed by atoms with Crippen molar-refractivity contribution in [1.82, 2.24) is 5.32 Å². The molecule has 84 valence electrons. The van der Waals surface area contributed by atoms with Crippen LogP contribution in [-0.2, 0) is 4.79 Å². The van der Waals surface area contributed by atoms with Crippen LogP contribution in [0.2, 0.25) is 0 Å². The Hall–Kier alpha value is -0.220. The zero-order valence-electron chi connectivity index (χ0n) is 9.46. The number of hydrogen-bond acceptors (Lipinski definition) is 3. The van der Waals surface area contributed by atoms with E-state index in [1.54, 1.807) is 14.0 Å². The predicted octanol–water partition coefficient (Wildman–Crippen LogP) is 1.97. The fraction of sp³-hybridized carbons (Fsp3) is 0.900. The van der Waals surface area contributed by atoms with Crippen molar-refractivity contribution < 1.29 is 9.90 Å². The van der Waals surface area contributed by atoms with E-state index in [1.807, 2.05) is 11.8 Å². The molecule has 0 heterocycles. The molecule has 0 spiro atoms. The summed E-state index contributed by atoms with van der Waals surface area (Å²) in [7, 11) is 1.70. The number of nitrogens with one attached hydrogen (secondary N) is 1. The van der Waals surface area contributed by atoms with Crippen LogP contribution in [0.25, 0.3) is 0 Å². The van der Waals surface area contributed by atoms with Crippen LogP contribution in [0.5, 0.6) is 0 Å². The van der Waals surface area contributed by atoms with E-state index in [4.69, 9.17) is 5.11 Å². The summed E-state index contributed by atoms with van der Waals surface area (Å²) in [5.74, 6) is 0.114. The summed E-state index contributed by atoms with van der Waals surface area (Å²) in [6.07, 6.45) is 1.79. The highest BCUT2D eigenvalue weighted by Gasteiger charge is 2.30. The van der Waals surface area contributed by atoms with E-state index >= 15 is 0 Å². The summed E-state index contributed by atoms with van der Waals surface area (Å²) in [4.78, 5) is 10.9. The van der Waals surface area contributed by atoms with E-state index in [2.05, 4.69) is 19.2 Å². The minimum atomic E-state index is -0.777. The molecule has 0 aliphatic carbocycles. The van der Waals surface area contributed by atoms with Crippen molar-refractivity contribution in [2.24, 2.45) is 0 Å². The molecule has 0 rings (SSSR count). The molecule has 14 heavy (non-hydrogen) atoms. The van der Waals surface area contributed by atoms with Gasteiger partial charge in [-0.3, -0.25) is 4.79 Å². The van der Waals surface area contributed by atoms with Crippen molar-refractivity contribution in [3.05, 3.63) is 0 Å². The summed E-state index contributed by atoms with van der Waals surface area (Å²) < 4.78 is 0. The van der Waals surface area contributed by atoms with E-state index < -0.39 is 11.5 Å². The average Bonchev–Trinajstić information content (AvgIpc) is 2.16. The molecule has 0 amide bonds. The molecule has 0 aromatic carbocycles. The van der Waals surface area contributed by atoms with Gasteiger partial charge in [-0.2, -0.15) is 11.8 Å². The number of carboxylic acids is 1. The van der Waals surface area contributed by atoms with Gasteiger partial charge in [0.25, 0.3) is 0 Å². The number of carboxylic acid groups (broad SMARTS) is 1. The molecule has 0 aliphatic heterocycles. The van der Waals surface area contributed by atoms with Crippen LogP contribution in [0.1, 0.15) is 33.6 Å². The van der Waals surface area contributed by atoms with Crippen LogP contribution in [-0.4, -0.2) is 34.7 Å². The molecule has 4 heteroatoms. The molecule has 0 saturated carbocycles. The van der Waals surface area contributed by atoms with Crippen LogP contribution in [0.3, 0.4) is 0 Å². The second-order valence-electron chi connectivity index (χ2n) is 3.73. The van der Waals surface area contributed by atoms with Gasteiger partial charge < -0.3 is 10.4 Å². The van der Waals surface area contributed by atoms with Crippen molar-refractivity contribution in [2.75, 3.05) is 12.8 Å². The SMILES string of the molecule is CCC(C)SCCC(C)(NC)C(=O)O. The first-order valence-corrected chi connectivity index (χ1v) is 6.05. The van der Waals surface area contributed by atoms with Gasteiger partial charge in [-0.1, -0.05) is 13.8 Å². The van der Waals surface area contributed by atoms with Crippen LogP contribution in [0, 0.1) is 0 Å². The minimum absolute atomic E-state index is 0.616. The fourth-order valence-electron chi connectivity index (χ4n) is 0.921. The zero-order chi connectivity index (χ0) is 11.2. The lowest BCUT2D eigenvalue weighted by molar-refractivity contribution is -0.144. The molecular formula is C10H21NO2S. The standard InChI is InChI=1S/C10H21NO2S/c1-5-8(2)14-7-6-10(3,11-4)9(12)13/h8,11H,5-7H2,1-4H3,(H,12,13). The van der Waals surface area contributed by atoms with Gasteiger partial charge in [0.2, 0.25) is 0 Å². The number of hydrogen-bond donors (Lipinski definition) is 2. The largest absolute Gasteiger partial charge is 0.480 e. The van der Waals surface area contributed by atoms with Crippen LogP contribution in [0.4, 0.5) is 0 Å². The molecule has 0 aliphatic rings. The van der Waals surface area contributed by atoms with E-state index in [-0.39, 0.29) is 0 Å². The summed E-state index contributed by atoms with van der Waals surface area (Å²) in [5.41, 5.74) is -0.777. The highest BCUT2D eigenvalue weighted by Crippen LogP contribution is 2.19. The lowest BCUT2D eigenvalue weighted by Crippen LogP contribution is -2.47. The van der Waals surface area contributed by atoms with Gasteiger partial charge in [-0.15, -0.1) is 0 Å².